The summed E-state index contributed by atoms with van der Waals surface area (Å²) >= 11 is 1.38. The molecule has 3 N–H and O–H groups in total. The number of amides is 3. The molecule has 0 aromatic carbocycles. The van der Waals surface area contributed by atoms with Gasteiger partial charge in [-0.25, -0.2) is 19.6 Å². The summed E-state index contributed by atoms with van der Waals surface area (Å²) < 4.78 is 16.8. The Balaban J connectivity index is 1.54. The number of oxazole rings is 1. The molecule has 2 aliphatic rings. The topological polar surface area (TPSA) is 190 Å². The van der Waals surface area contributed by atoms with Gasteiger partial charge in [-0.05, 0) is 32.8 Å². The van der Waals surface area contributed by atoms with Crippen molar-refractivity contribution >= 4 is 46.8 Å². The van der Waals surface area contributed by atoms with E-state index in [2.05, 4.69) is 20.6 Å². The molecule has 1 saturated heterocycles. The van der Waals surface area contributed by atoms with Crippen LogP contribution in [-0.2, 0) is 30.3 Å². The van der Waals surface area contributed by atoms with Crippen LogP contribution in [0.15, 0.2) is 52.0 Å². The van der Waals surface area contributed by atoms with Crippen molar-refractivity contribution in [2.24, 2.45) is 11.8 Å². The van der Waals surface area contributed by atoms with E-state index in [1.54, 1.807) is 44.4 Å². The lowest BCUT2D eigenvalue weighted by Gasteiger charge is -2.30. The first kappa shape index (κ1) is 36.2. The fraction of sp³-hybridized carbons (Fsp3) is 0.485. The number of Topliss-reactive ketones (excluding diaryl/α,β-unsaturated/α-hetero) is 1. The maximum Gasteiger partial charge on any atom is 0.412 e. The Hall–Kier alpha value is -4.63. The van der Waals surface area contributed by atoms with E-state index in [0.29, 0.717) is 24.2 Å². The third kappa shape index (κ3) is 10.4. The number of allylic oxidation sites excluding steroid dienone is 2. The van der Waals surface area contributed by atoms with Crippen molar-refractivity contribution in [1.82, 2.24) is 20.2 Å². The van der Waals surface area contributed by atoms with Crippen molar-refractivity contribution in [1.29, 1.82) is 0 Å². The van der Waals surface area contributed by atoms with Gasteiger partial charge in [-0.3, -0.25) is 19.7 Å². The number of esters is 1. The molecule has 0 radical (unpaired) electrons. The van der Waals surface area contributed by atoms with Gasteiger partial charge in [0.1, 0.15) is 30.0 Å². The number of rotatable bonds is 4. The van der Waals surface area contributed by atoms with Crippen LogP contribution in [0.4, 0.5) is 10.6 Å². The summed E-state index contributed by atoms with van der Waals surface area (Å²) in [5.41, 5.74) is 0.631. The second-order valence-electron chi connectivity index (χ2n) is 11.9. The minimum Gasteiger partial charge on any atom is -0.460 e. The predicted molar refractivity (Wildman–Crippen MR) is 175 cm³/mol. The van der Waals surface area contributed by atoms with Crippen LogP contribution < -0.4 is 10.6 Å². The fourth-order valence-electron chi connectivity index (χ4n) is 5.41. The number of aliphatic hydroxyl groups is 1. The van der Waals surface area contributed by atoms with Crippen LogP contribution in [0.2, 0.25) is 0 Å². The summed E-state index contributed by atoms with van der Waals surface area (Å²) in [5.74, 6) is -2.54. The molecule has 4 heterocycles. The number of aromatic nitrogens is 2. The maximum atomic E-state index is 13.6. The molecule has 0 unspecified atom stereocenters. The molecule has 1 fully saturated rings. The van der Waals surface area contributed by atoms with Crippen molar-refractivity contribution < 1.29 is 43.0 Å². The van der Waals surface area contributed by atoms with Gasteiger partial charge in [-0.1, -0.05) is 43.7 Å². The number of hydrogen-bond donors (Lipinski definition) is 3. The number of nitrogens with one attached hydrogen (secondary N) is 2. The van der Waals surface area contributed by atoms with Crippen molar-refractivity contribution in [3.05, 3.63) is 64.2 Å². The number of cyclic esters (lactones) is 1. The number of carbonyl (C=O) groups excluding carboxylic acids is 5. The molecular weight excluding hydrogens is 642 g/mol. The fourth-order valence-corrected chi connectivity index (χ4v) is 5.96. The van der Waals surface area contributed by atoms with Gasteiger partial charge in [0.2, 0.25) is 11.8 Å². The number of carbonyl (C=O) groups is 5. The maximum absolute atomic E-state index is 13.6. The van der Waals surface area contributed by atoms with Crippen LogP contribution in [0.1, 0.15) is 61.4 Å². The molecule has 15 heteroatoms. The highest BCUT2D eigenvalue weighted by atomic mass is 32.1. The van der Waals surface area contributed by atoms with E-state index in [0.717, 1.165) is 11.3 Å². The number of hydrogen-bond acceptors (Lipinski definition) is 12. The van der Waals surface area contributed by atoms with Gasteiger partial charge in [0.05, 0.1) is 24.1 Å². The zero-order valence-corrected chi connectivity index (χ0v) is 28.2. The lowest BCUT2D eigenvalue weighted by molar-refractivity contribution is -0.159. The van der Waals surface area contributed by atoms with Gasteiger partial charge in [0, 0.05) is 36.7 Å². The minimum absolute atomic E-state index is 0.0204. The van der Waals surface area contributed by atoms with Crippen LogP contribution in [0.25, 0.3) is 0 Å². The number of ether oxygens (including phenoxy) is 2. The highest BCUT2D eigenvalue weighted by Crippen LogP contribution is 2.26. The first-order chi connectivity index (χ1) is 22.9. The lowest BCUT2D eigenvalue weighted by atomic mass is 9.93. The van der Waals surface area contributed by atoms with Gasteiger partial charge in [-0.2, -0.15) is 0 Å². The summed E-state index contributed by atoms with van der Waals surface area (Å²) in [7, 11) is 0. The molecule has 2 bridgehead atoms. The SMILES string of the molecule is CC1=C\[C@@H](O)CC(=O)Cc2nc(co2)C(=O)N2CCC[C@@H]2C(=O)O[C@H]([C@H](C)COC(=O)Nc2csc(C)n2)[C@H](C)/C=C/C(=O)NC\C=C\1. The highest BCUT2D eigenvalue weighted by molar-refractivity contribution is 7.09. The first-order valence-electron chi connectivity index (χ1n) is 15.7. The number of ketones is 1. The Kier molecular flexibility index (Phi) is 12.8. The van der Waals surface area contributed by atoms with Crippen LogP contribution >= 0.6 is 11.3 Å². The molecule has 4 rings (SSSR count). The summed E-state index contributed by atoms with van der Waals surface area (Å²) in [6.07, 6.45) is 6.91. The van der Waals surface area contributed by atoms with Crippen molar-refractivity contribution in [2.75, 3.05) is 25.0 Å². The van der Waals surface area contributed by atoms with E-state index < -0.39 is 48.1 Å². The Labute approximate surface area is 282 Å². The number of thiazole rings is 1. The van der Waals surface area contributed by atoms with Crippen molar-refractivity contribution in [3.63, 3.8) is 0 Å². The van der Waals surface area contributed by atoms with E-state index in [-0.39, 0.29) is 55.8 Å². The van der Waals surface area contributed by atoms with Gasteiger partial charge in [0.25, 0.3) is 5.91 Å². The summed E-state index contributed by atoms with van der Waals surface area (Å²) in [5, 5.41) is 18.1. The quantitative estimate of drug-likeness (QED) is 0.400. The molecule has 0 saturated carbocycles. The minimum atomic E-state index is -1.05. The molecule has 258 valence electrons. The monoisotopic (exact) mass is 683 g/mol. The second-order valence-corrected chi connectivity index (χ2v) is 13.0. The van der Waals surface area contributed by atoms with Gasteiger partial charge in [0.15, 0.2) is 5.69 Å². The van der Waals surface area contributed by atoms with Crippen LogP contribution in [-0.4, -0.2) is 87.6 Å². The zero-order valence-electron chi connectivity index (χ0n) is 27.3. The summed E-state index contributed by atoms with van der Waals surface area (Å²) in [6, 6.07) is -0.913. The van der Waals surface area contributed by atoms with Gasteiger partial charge in [-0.15, -0.1) is 11.3 Å². The predicted octanol–water partition coefficient (Wildman–Crippen LogP) is 3.53. The average molecular weight is 684 g/mol. The van der Waals surface area contributed by atoms with Gasteiger partial charge < -0.3 is 29.2 Å². The molecular formula is C33H41N5O9S. The number of aryl methyl sites for hydroxylation is 1. The number of nitrogens with zero attached hydrogens (tertiary/aromatic N) is 3. The third-order valence-corrected chi connectivity index (χ3v) is 8.55. The standard InChI is InChI=1S/C33H41N5O9S/c1-19-7-5-11-34-28(41)10-9-20(2)30(21(3)16-46-33(44)37-27-18-48-22(4)35-27)47-32(43)26-8-6-12-38(26)31(42)25-17-45-29(36-25)15-24(40)14-23(39)13-19/h5,7,9-10,13,17-18,20-21,23,26,30,39H,6,8,11-12,14-16H2,1-4H3,(H,34,41)(H,37,44)/b7-5+,10-9+,19-13+/t20-,21-,23-,26-,30+/m1/s1. The highest BCUT2D eigenvalue weighted by Gasteiger charge is 2.39. The first-order valence-corrected chi connectivity index (χ1v) is 16.6. The molecule has 14 nitrogen and oxygen atoms in total. The molecule has 0 spiro atoms. The number of fused-ring (bicyclic) bond motifs is 3. The second kappa shape index (κ2) is 17.0. The van der Waals surface area contributed by atoms with Gasteiger partial charge >= 0.3 is 12.1 Å². The number of anilines is 1. The Morgan fingerprint density at radius 2 is 2.02 bits per heavy atom. The Bertz CT molecular complexity index is 1580. The molecule has 5 atom stereocenters. The Morgan fingerprint density at radius 1 is 1.23 bits per heavy atom. The van der Waals surface area contributed by atoms with Crippen LogP contribution in [0.5, 0.6) is 0 Å². The molecule has 0 aliphatic carbocycles. The van der Waals surface area contributed by atoms with E-state index in [1.807, 2.05) is 6.92 Å². The van der Waals surface area contributed by atoms with Crippen molar-refractivity contribution in [3.8, 4) is 0 Å². The lowest BCUT2D eigenvalue weighted by Crippen LogP contribution is -2.44. The van der Waals surface area contributed by atoms with E-state index >= 15 is 0 Å². The van der Waals surface area contributed by atoms with Crippen LogP contribution in [0.3, 0.4) is 0 Å². The molecule has 2 aliphatic heterocycles. The van der Waals surface area contributed by atoms with E-state index in [4.69, 9.17) is 13.9 Å². The molecule has 2 aromatic heterocycles. The normalized spacial score (nSPS) is 26.4. The molecule has 2 aromatic rings. The summed E-state index contributed by atoms with van der Waals surface area (Å²) in [6.45, 7) is 7.45. The molecule has 3 amide bonds. The smallest absolute Gasteiger partial charge is 0.412 e. The summed E-state index contributed by atoms with van der Waals surface area (Å²) in [4.78, 5) is 74.3. The van der Waals surface area contributed by atoms with E-state index in [1.165, 1.54) is 28.4 Å². The number of aliphatic hydroxyl groups excluding tert-OH is 1. The van der Waals surface area contributed by atoms with E-state index in [9.17, 15) is 29.1 Å². The molecule has 48 heavy (non-hydrogen) atoms. The largest absolute Gasteiger partial charge is 0.460 e. The van der Waals surface area contributed by atoms with Crippen molar-refractivity contribution in [2.45, 2.75) is 71.6 Å². The van der Waals surface area contributed by atoms with Crippen LogP contribution in [0, 0.1) is 18.8 Å². The average Bonchev–Trinajstić information content (AvgIpc) is 3.80. The Morgan fingerprint density at radius 3 is 2.77 bits per heavy atom. The zero-order chi connectivity index (χ0) is 34.8. The third-order valence-electron chi connectivity index (χ3n) is 7.78.